The minimum absolute atomic E-state index is 0.172. The van der Waals surface area contributed by atoms with Crippen LogP contribution in [0, 0.1) is 17.8 Å². The molecule has 3 fully saturated rings. The maximum absolute atomic E-state index is 12.7. The van der Waals surface area contributed by atoms with Crippen LogP contribution in [0.3, 0.4) is 0 Å². The topological polar surface area (TPSA) is 60.9 Å². The Balaban J connectivity index is 1.50. The summed E-state index contributed by atoms with van der Waals surface area (Å²) in [5, 5.41) is 8.99. The van der Waals surface area contributed by atoms with Crippen LogP contribution in [0.5, 0.6) is 0 Å². The molecule has 0 aromatic rings. The number of carboxylic acids is 1. The maximum Gasteiger partial charge on any atom is 0.359 e. The summed E-state index contributed by atoms with van der Waals surface area (Å²) in [4.78, 5) is 28.0. The van der Waals surface area contributed by atoms with Gasteiger partial charge in [0, 0.05) is 44.1 Å². The fraction of sp³-hybridized carbons (Fsp3) is 0.875. The van der Waals surface area contributed by atoms with Gasteiger partial charge in [-0.25, -0.2) is 4.79 Å². The van der Waals surface area contributed by atoms with Crippen LogP contribution in [-0.2, 0) is 9.59 Å². The van der Waals surface area contributed by atoms with E-state index < -0.39 is 5.97 Å². The summed E-state index contributed by atoms with van der Waals surface area (Å²) in [7, 11) is 2.00. The molecule has 0 radical (unpaired) electrons. The van der Waals surface area contributed by atoms with E-state index in [0.717, 1.165) is 39.3 Å². The second-order valence-corrected chi connectivity index (χ2v) is 7.84. The summed E-state index contributed by atoms with van der Waals surface area (Å²) >= 11 is 0. The van der Waals surface area contributed by atoms with E-state index in [2.05, 4.69) is 18.7 Å². The van der Waals surface area contributed by atoms with Crippen molar-refractivity contribution >= 4 is 11.9 Å². The average Bonchev–Trinajstić information content (AvgIpc) is 2.96. The standard InChI is InChI=1S/C16H27N3O3/c1-11(2)17-4-6-18(7-5-17)16(22)15-12-8-19(3,9-13(12)15)10-14(20)21/h11-13,15H,4-10H2,1-3H3/p+1/t12-,13-,15?,19?/m1/s1. The number of carboxylic acid groups (broad SMARTS) is 1. The molecule has 2 heterocycles. The molecule has 0 spiro atoms. The summed E-state index contributed by atoms with van der Waals surface area (Å²) < 4.78 is 0.593. The lowest BCUT2D eigenvalue weighted by Crippen LogP contribution is -2.52. The lowest BCUT2D eigenvalue weighted by Gasteiger charge is -2.37. The first-order chi connectivity index (χ1) is 10.3. The number of nitrogens with zero attached hydrogens (tertiary/aromatic N) is 3. The smallest absolute Gasteiger partial charge is 0.359 e. The molecule has 2 aliphatic heterocycles. The fourth-order valence-electron chi connectivity index (χ4n) is 4.53. The van der Waals surface area contributed by atoms with Crippen LogP contribution in [0.4, 0.5) is 0 Å². The molecule has 6 nitrogen and oxygen atoms in total. The minimum Gasteiger partial charge on any atom is -0.477 e. The van der Waals surface area contributed by atoms with E-state index in [1.165, 1.54) is 0 Å². The van der Waals surface area contributed by atoms with Gasteiger partial charge in [-0.1, -0.05) is 0 Å². The molecule has 6 heteroatoms. The zero-order chi connectivity index (χ0) is 16.1. The molecule has 1 aliphatic carbocycles. The van der Waals surface area contributed by atoms with Gasteiger partial charge in [0.25, 0.3) is 0 Å². The highest BCUT2D eigenvalue weighted by Crippen LogP contribution is 2.54. The highest BCUT2D eigenvalue weighted by atomic mass is 16.4. The van der Waals surface area contributed by atoms with E-state index >= 15 is 0 Å². The summed E-state index contributed by atoms with van der Waals surface area (Å²) in [6.45, 7) is 9.90. The molecule has 3 rings (SSSR count). The lowest BCUT2D eigenvalue weighted by molar-refractivity contribution is -0.896. The first-order valence-corrected chi connectivity index (χ1v) is 8.39. The van der Waals surface area contributed by atoms with Crippen molar-refractivity contribution in [1.82, 2.24) is 9.80 Å². The molecule has 0 bridgehead atoms. The van der Waals surface area contributed by atoms with Crippen molar-refractivity contribution in [3.8, 4) is 0 Å². The summed E-state index contributed by atoms with van der Waals surface area (Å²) in [6.07, 6.45) is 0. The van der Waals surface area contributed by atoms with Crippen molar-refractivity contribution in [1.29, 1.82) is 0 Å². The van der Waals surface area contributed by atoms with E-state index in [1.807, 2.05) is 11.9 Å². The van der Waals surface area contributed by atoms with Gasteiger partial charge in [0.1, 0.15) is 0 Å². The number of hydrogen-bond donors (Lipinski definition) is 1. The van der Waals surface area contributed by atoms with Crippen molar-refractivity contribution in [3.05, 3.63) is 0 Å². The van der Waals surface area contributed by atoms with E-state index in [1.54, 1.807) is 0 Å². The number of fused-ring (bicyclic) bond motifs is 1. The predicted molar refractivity (Wildman–Crippen MR) is 82.2 cm³/mol. The molecule has 1 amide bonds. The second-order valence-electron chi connectivity index (χ2n) is 7.84. The van der Waals surface area contributed by atoms with E-state index in [9.17, 15) is 9.59 Å². The number of piperazine rings is 1. The van der Waals surface area contributed by atoms with Crippen molar-refractivity contribution in [2.24, 2.45) is 17.8 Å². The van der Waals surface area contributed by atoms with Crippen molar-refractivity contribution in [2.45, 2.75) is 19.9 Å². The molecule has 1 saturated carbocycles. The van der Waals surface area contributed by atoms with E-state index in [4.69, 9.17) is 5.11 Å². The number of carbonyl (C=O) groups excluding carboxylic acids is 1. The van der Waals surface area contributed by atoms with Gasteiger partial charge in [-0.2, -0.15) is 0 Å². The number of hydrogen-bond acceptors (Lipinski definition) is 3. The van der Waals surface area contributed by atoms with Gasteiger partial charge in [-0.3, -0.25) is 9.69 Å². The van der Waals surface area contributed by atoms with Crippen LogP contribution in [-0.4, -0.2) is 90.2 Å². The van der Waals surface area contributed by atoms with Crippen molar-refractivity contribution in [2.75, 3.05) is 52.9 Å². The van der Waals surface area contributed by atoms with Crippen LogP contribution in [0.2, 0.25) is 0 Å². The zero-order valence-corrected chi connectivity index (χ0v) is 13.9. The number of piperidine rings is 1. The van der Waals surface area contributed by atoms with Gasteiger partial charge in [0.2, 0.25) is 5.91 Å². The third kappa shape index (κ3) is 2.86. The Morgan fingerprint density at radius 2 is 1.68 bits per heavy atom. The van der Waals surface area contributed by atoms with Crippen LogP contribution in [0.1, 0.15) is 13.8 Å². The van der Waals surface area contributed by atoms with Gasteiger partial charge in [0.15, 0.2) is 6.54 Å². The minimum atomic E-state index is -0.739. The van der Waals surface area contributed by atoms with Crippen molar-refractivity contribution < 1.29 is 19.2 Å². The third-order valence-electron chi connectivity index (χ3n) is 5.79. The normalized spacial score (nSPS) is 33.8. The van der Waals surface area contributed by atoms with E-state index in [-0.39, 0.29) is 12.5 Å². The molecule has 3 aliphatic rings. The van der Waals surface area contributed by atoms with Crippen LogP contribution < -0.4 is 0 Å². The number of aliphatic carboxylic acids is 1. The van der Waals surface area contributed by atoms with Crippen LogP contribution in [0.25, 0.3) is 0 Å². The van der Waals surface area contributed by atoms with E-state index in [0.29, 0.717) is 28.3 Å². The predicted octanol–water partition coefficient (Wildman–Crippen LogP) is -0.0540. The van der Waals surface area contributed by atoms with Crippen molar-refractivity contribution in [3.63, 3.8) is 0 Å². The van der Waals surface area contributed by atoms with Crippen LogP contribution in [0.15, 0.2) is 0 Å². The largest absolute Gasteiger partial charge is 0.477 e. The molecular formula is C16H28N3O3+. The fourth-order valence-corrected chi connectivity index (χ4v) is 4.53. The first-order valence-electron chi connectivity index (χ1n) is 8.39. The number of likely N-dealkylation sites (N-methyl/N-ethyl adjacent to an activating group) is 1. The van der Waals surface area contributed by atoms with Gasteiger partial charge in [-0.05, 0) is 13.8 Å². The summed E-state index contributed by atoms with van der Waals surface area (Å²) in [5.74, 6) is 0.585. The van der Waals surface area contributed by atoms with Gasteiger partial charge in [0.05, 0.1) is 26.1 Å². The first kappa shape index (κ1) is 15.7. The number of carbonyl (C=O) groups is 2. The molecule has 0 unspecified atom stereocenters. The number of likely N-dealkylation sites (tertiary alicyclic amines) is 1. The Morgan fingerprint density at radius 3 is 2.14 bits per heavy atom. The molecule has 2 atom stereocenters. The Labute approximate surface area is 132 Å². The molecular weight excluding hydrogens is 282 g/mol. The monoisotopic (exact) mass is 310 g/mol. The maximum atomic E-state index is 12.7. The molecule has 22 heavy (non-hydrogen) atoms. The molecule has 0 aromatic carbocycles. The van der Waals surface area contributed by atoms with Gasteiger partial charge < -0.3 is 14.5 Å². The highest BCUT2D eigenvalue weighted by molar-refractivity contribution is 5.82. The summed E-state index contributed by atoms with van der Waals surface area (Å²) in [6, 6.07) is 0.548. The molecule has 0 aromatic heterocycles. The Hall–Kier alpha value is -1.14. The Morgan fingerprint density at radius 1 is 1.14 bits per heavy atom. The van der Waals surface area contributed by atoms with Crippen LogP contribution >= 0.6 is 0 Å². The zero-order valence-electron chi connectivity index (χ0n) is 13.9. The molecule has 1 N–H and O–H groups in total. The number of rotatable bonds is 4. The average molecular weight is 310 g/mol. The SMILES string of the molecule is CC(C)N1CCN(C(=O)C2[C@@H]3C[N+](C)(CC(=O)O)C[C@@H]23)CC1. The Bertz CT molecular complexity index is 459. The summed E-state index contributed by atoms with van der Waals surface area (Å²) in [5.41, 5.74) is 0. The highest BCUT2D eigenvalue weighted by Gasteiger charge is 2.65. The second kappa shape index (κ2) is 5.49. The van der Waals surface area contributed by atoms with Gasteiger partial charge in [-0.15, -0.1) is 0 Å². The van der Waals surface area contributed by atoms with Gasteiger partial charge >= 0.3 is 5.97 Å². The molecule has 124 valence electrons. The third-order valence-corrected chi connectivity index (χ3v) is 5.79. The number of quaternary nitrogens is 1. The molecule has 2 saturated heterocycles. The number of amides is 1. The lowest BCUT2D eigenvalue weighted by atomic mass is 10.1. The Kier molecular flexibility index (Phi) is 3.93. The quantitative estimate of drug-likeness (QED) is 0.740.